The van der Waals surface area contributed by atoms with Crippen molar-refractivity contribution in [1.29, 1.82) is 0 Å². The molecule has 1 aliphatic heterocycles. The number of carbonyl (C=O) groups excluding carboxylic acids is 1. The summed E-state index contributed by atoms with van der Waals surface area (Å²) in [5, 5.41) is 9.65. The molecule has 0 spiro atoms. The molecule has 0 radical (unpaired) electrons. The highest BCUT2D eigenvalue weighted by atomic mass is 16.5. The van der Waals surface area contributed by atoms with Gasteiger partial charge in [-0.25, -0.2) is 4.98 Å². The number of hydrogen-bond donors (Lipinski definition) is 2. The van der Waals surface area contributed by atoms with E-state index in [0.29, 0.717) is 24.3 Å². The minimum Gasteiger partial charge on any atom is -0.378 e. The molecule has 6 nitrogen and oxygen atoms in total. The first-order chi connectivity index (χ1) is 11.2. The molecule has 2 aromatic rings. The van der Waals surface area contributed by atoms with E-state index in [1.807, 2.05) is 24.3 Å². The van der Waals surface area contributed by atoms with Gasteiger partial charge in [0.15, 0.2) is 5.82 Å². The molecule has 2 atom stereocenters. The first-order valence-corrected chi connectivity index (χ1v) is 8.12. The number of hydrogen-bond acceptors (Lipinski definition) is 4. The van der Waals surface area contributed by atoms with E-state index in [0.717, 1.165) is 37.1 Å². The van der Waals surface area contributed by atoms with E-state index in [4.69, 9.17) is 4.74 Å². The summed E-state index contributed by atoms with van der Waals surface area (Å²) in [6.45, 7) is 2.89. The first-order valence-electron chi connectivity index (χ1n) is 8.12. The summed E-state index contributed by atoms with van der Waals surface area (Å²) < 4.78 is 5.67. The van der Waals surface area contributed by atoms with Crippen molar-refractivity contribution >= 4 is 11.6 Å². The molecule has 1 aromatic carbocycles. The normalized spacial score (nSPS) is 21.1. The standard InChI is InChI=1S/C17H22N4O2/c1-2-15-8-12(6-7-23-15)9-16(22)20-14-5-3-4-13(10-14)17-18-11-19-21-17/h3-5,10-12,15H,2,6-9H2,1H3,(H,20,22)(H,18,19,21)/t12-,15+/m0/s1. The number of nitrogens with zero attached hydrogens (tertiary/aromatic N) is 2. The number of rotatable bonds is 5. The van der Waals surface area contributed by atoms with Crippen LogP contribution in [0.3, 0.4) is 0 Å². The Hall–Kier alpha value is -2.21. The van der Waals surface area contributed by atoms with Crippen molar-refractivity contribution in [3.8, 4) is 11.4 Å². The van der Waals surface area contributed by atoms with Gasteiger partial charge in [0.1, 0.15) is 6.33 Å². The van der Waals surface area contributed by atoms with Crippen LogP contribution in [0.25, 0.3) is 11.4 Å². The Morgan fingerprint density at radius 3 is 3.17 bits per heavy atom. The maximum absolute atomic E-state index is 12.3. The van der Waals surface area contributed by atoms with Crippen molar-refractivity contribution in [3.63, 3.8) is 0 Å². The lowest BCUT2D eigenvalue weighted by Crippen LogP contribution is -2.28. The lowest BCUT2D eigenvalue weighted by molar-refractivity contribution is -0.118. The Morgan fingerprint density at radius 2 is 2.39 bits per heavy atom. The summed E-state index contributed by atoms with van der Waals surface area (Å²) in [7, 11) is 0. The third-order valence-corrected chi connectivity index (χ3v) is 4.24. The molecule has 2 N–H and O–H groups in total. The van der Waals surface area contributed by atoms with Gasteiger partial charge in [0, 0.05) is 24.3 Å². The number of anilines is 1. The van der Waals surface area contributed by atoms with E-state index in [9.17, 15) is 4.79 Å². The summed E-state index contributed by atoms with van der Waals surface area (Å²) in [5.74, 6) is 1.16. The van der Waals surface area contributed by atoms with E-state index in [-0.39, 0.29) is 5.91 Å². The molecule has 1 amide bonds. The van der Waals surface area contributed by atoms with Crippen LogP contribution >= 0.6 is 0 Å². The van der Waals surface area contributed by atoms with E-state index in [2.05, 4.69) is 27.4 Å². The molecule has 0 unspecified atom stereocenters. The molecule has 0 saturated carbocycles. The smallest absolute Gasteiger partial charge is 0.224 e. The zero-order valence-electron chi connectivity index (χ0n) is 13.3. The van der Waals surface area contributed by atoms with Gasteiger partial charge in [-0.2, -0.15) is 5.10 Å². The first kappa shape index (κ1) is 15.7. The molecule has 6 heteroatoms. The van der Waals surface area contributed by atoms with Gasteiger partial charge in [-0.3, -0.25) is 9.89 Å². The topological polar surface area (TPSA) is 79.9 Å². The second-order valence-corrected chi connectivity index (χ2v) is 5.96. The summed E-state index contributed by atoms with van der Waals surface area (Å²) in [4.78, 5) is 16.4. The molecule has 1 aromatic heterocycles. The number of carbonyl (C=O) groups is 1. The molecular formula is C17H22N4O2. The van der Waals surface area contributed by atoms with Gasteiger partial charge in [-0.05, 0) is 37.3 Å². The molecule has 2 heterocycles. The summed E-state index contributed by atoms with van der Waals surface area (Å²) >= 11 is 0. The van der Waals surface area contributed by atoms with Crippen LogP contribution in [0.15, 0.2) is 30.6 Å². The van der Waals surface area contributed by atoms with Crippen LogP contribution in [-0.4, -0.2) is 33.8 Å². The van der Waals surface area contributed by atoms with Crippen LogP contribution in [0.2, 0.25) is 0 Å². The SMILES string of the molecule is CC[C@@H]1C[C@@H](CC(=O)Nc2cccc(-c3ncn[nH]3)c2)CCO1. The number of aromatic amines is 1. The predicted octanol–water partition coefficient (Wildman–Crippen LogP) is 3.01. The Kier molecular flexibility index (Phi) is 5.02. The molecule has 23 heavy (non-hydrogen) atoms. The van der Waals surface area contributed by atoms with Crippen molar-refractivity contribution in [2.75, 3.05) is 11.9 Å². The summed E-state index contributed by atoms with van der Waals surface area (Å²) in [5.41, 5.74) is 1.68. The average molecular weight is 314 g/mol. The zero-order valence-corrected chi connectivity index (χ0v) is 13.3. The third kappa shape index (κ3) is 4.16. The van der Waals surface area contributed by atoms with Gasteiger partial charge >= 0.3 is 0 Å². The molecule has 1 saturated heterocycles. The Bertz CT molecular complexity index is 642. The lowest BCUT2D eigenvalue weighted by Gasteiger charge is -2.28. The summed E-state index contributed by atoms with van der Waals surface area (Å²) in [6.07, 6.45) is 5.26. The molecule has 0 aliphatic carbocycles. The van der Waals surface area contributed by atoms with E-state index in [1.165, 1.54) is 6.33 Å². The van der Waals surface area contributed by atoms with Crippen molar-refractivity contribution in [2.24, 2.45) is 5.92 Å². The van der Waals surface area contributed by atoms with E-state index >= 15 is 0 Å². The van der Waals surface area contributed by atoms with Gasteiger partial charge < -0.3 is 10.1 Å². The van der Waals surface area contributed by atoms with Gasteiger partial charge in [-0.15, -0.1) is 0 Å². The number of benzene rings is 1. The van der Waals surface area contributed by atoms with Crippen LogP contribution in [0, 0.1) is 5.92 Å². The van der Waals surface area contributed by atoms with Gasteiger partial charge in [0.25, 0.3) is 0 Å². The van der Waals surface area contributed by atoms with Gasteiger partial charge in [0.2, 0.25) is 5.91 Å². The monoisotopic (exact) mass is 314 g/mol. The van der Waals surface area contributed by atoms with Crippen LogP contribution in [-0.2, 0) is 9.53 Å². The van der Waals surface area contributed by atoms with Crippen LogP contribution in [0.1, 0.15) is 32.6 Å². The predicted molar refractivity (Wildman–Crippen MR) is 87.8 cm³/mol. The van der Waals surface area contributed by atoms with Crippen molar-refractivity contribution in [2.45, 2.75) is 38.7 Å². The van der Waals surface area contributed by atoms with Crippen molar-refractivity contribution < 1.29 is 9.53 Å². The quantitative estimate of drug-likeness (QED) is 0.889. The maximum atomic E-state index is 12.3. The molecule has 3 rings (SSSR count). The van der Waals surface area contributed by atoms with Crippen molar-refractivity contribution in [1.82, 2.24) is 15.2 Å². The highest BCUT2D eigenvalue weighted by Crippen LogP contribution is 2.25. The molecular weight excluding hydrogens is 292 g/mol. The van der Waals surface area contributed by atoms with Crippen LogP contribution in [0.4, 0.5) is 5.69 Å². The van der Waals surface area contributed by atoms with E-state index in [1.54, 1.807) is 0 Å². The fraction of sp³-hybridized carbons (Fsp3) is 0.471. The number of ether oxygens (including phenoxy) is 1. The van der Waals surface area contributed by atoms with E-state index < -0.39 is 0 Å². The number of H-pyrrole nitrogens is 1. The molecule has 1 aliphatic rings. The Balaban J connectivity index is 1.58. The highest BCUT2D eigenvalue weighted by molar-refractivity contribution is 5.91. The average Bonchev–Trinajstić information content (AvgIpc) is 3.09. The fourth-order valence-electron chi connectivity index (χ4n) is 2.99. The van der Waals surface area contributed by atoms with Crippen LogP contribution in [0.5, 0.6) is 0 Å². The number of amides is 1. The zero-order chi connectivity index (χ0) is 16.1. The van der Waals surface area contributed by atoms with Crippen LogP contribution < -0.4 is 5.32 Å². The second-order valence-electron chi connectivity index (χ2n) is 5.96. The largest absolute Gasteiger partial charge is 0.378 e. The van der Waals surface area contributed by atoms with Gasteiger partial charge in [0.05, 0.1) is 6.10 Å². The molecule has 1 fully saturated rings. The third-order valence-electron chi connectivity index (χ3n) is 4.24. The highest BCUT2D eigenvalue weighted by Gasteiger charge is 2.23. The lowest BCUT2D eigenvalue weighted by atomic mass is 9.91. The number of aromatic nitrogens is 3. The Morgan fingerprint density at radius 1 is 1.48 bits per heavy atom. The summed E-state index contributed by atoms with van der Waals surface area (Å²) in [6, 6.07) is 7.61. The second kappa shape index (κ2) is 7.37. The van der Waals surface area contributed by atoms with Crippen molar-refractivity contribution in [3.05, 3.63) is 30.6 Å². The molecule has 0 bridgehead atoms. The fourth-order valence-corrected chi connectivity index (χ4v) is 2.99. The minimum atomic E-state index is 0.0569. The Labute approximate surface area is 135 Å². The molecule has 122 valence electrons. The number of nitrogens with one attached hydrogen (secondary N) is 2. The minimum absolute atomic E-state index is 0.0569. The van der Waals surface area contributed by atoms with Gasteiger partial charge in [-0.1, -0.05) is 19.1 Å². The maximum Gasteiger partial charge on any atom is 0.224 e.